The van der Waals surface area contributed by atoms with Crippen LogP contribution < -0.4 is 0 Å². The Morgan fingerprint density at radius 3 is 1.43 bits per heavy atom. The summed E-state index contributed by atoms with van der Waals surface area (Å²) in [6.45, 7) is 8.79. The molecule has 0 aliphatic heterocycles. The maximum atomic E-state index is 12.0. The largest absolute Gasteiger partial charge is 0.519 e. The zero-order valence-corrected chi connectivity index (χ0v) is 17.4. The molecule has 0 aromatic carbocycles. The highest BCUT2D eigenvalue weighted by atomic mass is 28.4. The zero-order chi connectivity index (χ0) is 17.4. The van der Waals surface area contributed by atoms with Crippen molar-refractivity contribution >= 4 is 14.3 Å². The van der Waals surface area contributed by atoms with E-state index in [1.807, 2.05) is 0 Å². The predicted octanol–water partition coefficient (Wildman–Crippen LogP) is 7.24. The maximum absolute atomic E-state index is 12.0. The molecular formula is C20H42O2Si. The number of hydrogen-bond acceptors (Lipinski definition) is 2. The molecule has 0 saturated carbocycles. The highest BCUT2D eigenvalue weighted by molar-refractivity contribution is 6.74. The summed E-state index contributed by atoms with van der Waals surface area (Å²) in [7, 11) is -1.73. The molecule has 0 unspecified atom stereocenters. The lowest BCUT2D eigenvalue weighted by Gasteiger charge is -2.27. The van der Waals surface area contributed by atoms with Crippen LogP contribution in [0, 0.1) is 0 Å². The van der Waals surface area contributed by atoms with Gasteiger partial charge in [-0.3, -0.25) is 4.79 Å². The van der Waals surface area contributed by atoms with Gasteiger partial charge in [-0.2, -0.15) is 0 Å². The Hall–Kier alpha value is -0.313. The van der Waals surface area contributed by atoms with Crippen LogP contribution in [0.3, 0.4) is 0 Å². The average molecular weight is 343 g/mol. The fourth-order valence-electron chi connectivity index (χ4n) is 3.19. The SMILES string of the molecule is CCCCCCCCCCCCCC(=O)O[Si](CC)(CC)CC. The molecule has 0 radical (unpaired) electrons. The second-order valence-electron chi connectivity index (χ2n) is 7.00. The molecule has 0 aliphatic rings. The summed E-state index contributed by atoms with van der Waals surface area (Å²) in [5.74, 6) is 0.0677. The molecule has 3 heteroatoms. The molecule has 0 heterocycles. The summed E-state index contributed by atoms with van der Waals surface area (Å²) in [5.41, 5.74) is 0. The minimum atomic E-state index is -1.73. The van der Waals surface area contributed by atoms with Crippen LogP contribution in [0.4, 0.5) is 0 Å². The van der Waals surface area contributed by atoms with Crippen molar-refractivity contribution in [3.63, 3.8) is 0 Å². The van der Waals surface area contributed by atoms with Crippen molar-refractivity contribution in [1.29, 1.82) is 0 Å². The van der Waals surface area contributed by atoms with Gasteiger partial charge >= 0.3 is 0 Å². The molecule has 23 heavy (non-hydrogen) atoms. The van der Waals surface area contributed by atoms with Crippen LogP contribution >= 0.6 is 0 Å². The first-order valence-electron chi connectivity index (χ1n) is 10.4. The third kappa shape index (κ3) is 11.8. The van der Waals surface area contributed by atoms with Crippen molar-refractivity contribution in [2.75, 3.05) is 0 Å². The molecule has 138 valence electrons. The van der Waals surface area contributed by atoms with Crippen molar-refractivity contribution in [3.8, 4) is 0 Å². The van der Waals surface area contributed by atoms with E-state index in [-0.39, 0.29) is 5.97 Å². The minimum Gasteiger partial charge on any atom is -0.519 e. The van der Waals surface area contributed by atoms with E-state index < -0.39 is 8.32 Å². The van der Waals surface area contributed by atoms with E-state index in [1.54, 1.807) is 0 Å². The molecule has 0 fully saturated rings. The van der Waals surface area contributed by atoms with Crippen molar-refractivity contribution in [2.24, 2.45) is 0 Å². The number of hydrogen-bond donors (Lipinski definition) is 0. The van der Waals surface area contributed by atoms with Gasteiger partial charge in [0.1, 0.15) is 0 Å². The average Bonchev–Trinajstić information content (AvgIpc) is 2.57. The van der Waals surface area contributed by atoms with Gasteiger partial charge in [0.2, 0.25) is 0 Å². The first-order valence-corrected chi connectivity index (χ1v) is 12.9. The van der Waals surface area contributed by atoms with Crippen LogP contribution in [-0.4, -0.2) is 14.3 Å². The summed E-state index contributed by atoms with van der Waals surface area (Å²) >= 11 is 0. The Kier molecular flexibility index (Phi) is 15.0. The Bertz CT molecular complexity index is 267. The predicted molar refractivity (Wildman–Crippen MR) is 104 cm³/mol. The molecule has 0 bridgehead atoms. The minimum absolute atomic E-state index is 0.0677. The van der Waals surface area contributed by atoms with Crippen LogP contribution in [0.5, 0.6) is 0 Å². The van der Waals surface area contributed by atoms with Crippen LogP contribution in [0.2, 0.25) is 18.1 Å². The van der Waals surface area contributed by atoms with Crippen molar-refractivity contribution in [2.45, 2.75) is 123 Å². The summed E-state index contributed by atoms with van der Waals surface area (Å²) in [5, 5.41) is 0. The Labute approximate surface area is 146 Å². The summed E-state index contributed by atoms with van der Waals surface area (Å²) in [4.78, 5) is 12.0. The van der Waals surface area contributed by atoms with Gasteiger partial charge in [-0.25, -0.2) is 0 Å². The fraction of sp³-hybridized carbons (Fsp3) is 0.950. The standard InChI is InChI=1S/C20H42O2Si/c1-5-9-10-11-12-13-14-15-16-17-18-19-20(21)22-23(6-2,7-3)8-4/h5-19H2,1-4H3. The van der Waals surface area contributed by atoms with Gasteiger partial charge in [0, 0.05) is 6.42 Å². The van der Waals surface area contributed by atoms with Crippen molar-refractivity contribution in [1.82, 2.24) is 0 Å². The van der Waals surface area contributed by atoms with E-state index in [0.29, 0.717) is 6.42 Å². The second kappa shape index (κ2) is 15.2. The molecule has 0 N–H and O–H groups in total. The highest BCUT2D eigenvalue weighted by Gasteiger charge is 2.32. The van der Waals surface area contributed by atoms with Crippen LogP contribution in [0.1, 0.15) is 105 Å². The van der Waals surface area contributed by atoms with E-state index in [4.69, 9.17) is 4.43 Å². The lowest BCUT2D eigenvalue weighted by Crippen LogP contribution is -2.38. The molecule has 0 aliphatic carbocycles. The Morgan fingerprint density at radius 2 is 1.04 bits per heavy atom. The van der Waals surface area contributed by atoms with Gasteiger partial charge in [-0.05, 0) is 24.6 Å². The van der Waals surface area contributed by atoms with Gasteiger partial charge in [0.15, 0.2) is 0 Å². The topological polar surface area (TPSA) is 26.3 Å². The third-order valence-corrected chi connectivity index (χ3v) is 9.77. The van der Waals surface area contributed by atoms with Gasteiger partial charge in [-0.1, -0.05) is 91.9 Å². The number of unbranched alkanes of at least 4 members (excludes halogenated alkanes) is 10. The van der Waals surface area contributed by atoms with E-state index in [2.05, 4.69) is 27.7 Å². The molecule has 0 spiro atoms. The van der Waals surface area contributed by atoms with Crippen molar-refractivity contribution in [3.05, 3.63) is 0 Å². The van der Waals surface area contributed by atoms with Crippen molar-refractivity contribution < 1.29 is 9.22 Å². The Morgan fingerprint density at radius 1 is 0.652 bits per heavy atom. The van der Waals surface area contributed by atoms with Crippen LogP contribution in [0.15, 0.2) is 0 Å². The van der Waals surface area contributed by atoms with Gasteiger partial charge in [0.25, 0.3) is 14.3 Å². The molecule has 0 atom stereocenters. The summed E-state index contributed by atoms with van der Waals surface area (Å²) < 4.78 is 5.88. The smallest absolute Gasteiger partial charge is 0.292 e. The summed E-state index contributed by atoms with van der Waals surface area (Å²) in [6, 6.07) is 3.18. The van der Waals surface area contributed by atoms with E-state index in [0.717, 1.165) is 24.6 Å². The molecule has 0 aromatic rings. The third-order valence-electron chi connectivity index (χ3n) is 5.25. The summed E-state index contributed by atoms with van der Waals surface area (Å²) in [6.07, 6.45) is 15.2. The number of carbonyl (C=O) groups is 1. The molecule has 0 amide bonds. The van der Waals surface area contributed by atoms with Crippen LogP contribution in [0.25, 0.3) is 0 Å². The van der Waals surface area contributed by atoms with E-state index in [9.17, 15) is 4.79 Å². The maximum Gasteiger partial charge on any atom is 0.292 e. The van der Waals surface area contributed by atoms with Gasteiger partial charge in [0.05, 0.1) is 0 Å². The van der Waals surface area contributed by atoms with E-state index in [1.165, 1.54) is 64.2 Å². The lowest BCUT2D eigenvalue weighted by atomic mass is 10.1. The highest BCUT2D eigenvalue weighted by Crippen LogP contribution is 2.22. The zero-order valence-electron chi connectivity index (χ0n) is 16.4. The first kappa shape index (κ1) is 22.7. The number of rotatable bonds is 16. The lowest BCUT2D eigenvalue weighted by molar-refractivity contribution is -0.135. The molecule has 0 aromatic heterocycles. The fourth-order valence-corrected chi connectivity index (χ4v) is 5.71. The molecule has 0 saturated heterocycles. The molecular weight excluding hydrogens is 300 g/mol. The number of carbonyl (C=O) groups excluding carboxylic acids is 1. The molecule has 2 nitrogen and oxygen atoms in total. The quantitative estimate of drug-likeness (QED) is 0.218. The monoisotopic (exact) mass is 342 g/mol. The van der Waals surface area contributed by atoms with Crippen LogP contribution in [-0.2, 0) is 9.22 Å². The van der Waals surface area contributed by atoms with Gasteiger partial charge in [-0.15, -0.1) is 0 Å². The van der Waals surface area contributed by atoms with E-state index >= 15 is 0 Å². The Balaban J connectivity index is 3.49. The molecule has 0 rings (SSSR count). The first-order chi connectivity index (χ1) is 11.1. The normalized spacial score (nSPS) is 11.7. The second-order valence-corrected chi connectivity index (χ2v) is 11.7. The van der Waals surface area contributed by atoms with Gasteiger partial charge < -0.3 is 4.43 Å².